The number of fused-ring (bicyclic) bond motifs is 1. The number of hydrogen-bond donors (Lipinski definition) is 3. The van der Waals surface area contributed by atoms with E-state index in [0.29, 0.717) is 17.1 Å². The number of urea groups is 1. The average molecular weight is 580 g/mol. The van der Waals surface area contributed by atoms with Gasteiger partial charge < -0.3 is 14.6 Å². The average Bonchev–Trinajstić information content (AvgIpc) is 3.51. The lowest BCUT2D eigenvalue weighted by Crippen LogP contribution is -2.22. The number of sulfonamides is 1. The fourth-order valence-electron chi connectivity index (χ4n) is 3.81. The lowest BCUT2D eigenvalue weighted by Gasteiger charge is -2.14. The summed E-state index contributed by atoms with van der Waals surface area (Å²) in [4.78, 5) is 16.8. The zero-order valence-electron chi connectivity index (χ0n) is 22.5. The van der Waals surface area contributed by atoms with Gasteiger partial charge >= 0.3 is 6.03 Å². The van der Waals surface area contributed by atoms with Gasteiger partial charge in [0.05, 0.1) is 29.5 Å². The van der Waals surface area contributed by atoms with E-state index in [9.17, 15) is 17.6 Å². The van der Waals surface area contributed by atoms with Crippen LogP contribution in [0, 0.1) is 5.82 Å². The minimum atomic E-state index is -3.53. The molecule has 0 aliphatic heterocycles. The van der Waals surface area contributed by atoms with Crippen LogP contribution in [0.25, 0.3) is 16.7 Å². The third-order valence-corrected chi connectivity index (χ3v) is 6.33. The molecule has 3 heterocycles. The van der Waals surface area contributed by atoms with Gasteiger partial charge in [0, 0.05) is 35.2 Å². The van der Waals surface area contributed by atoms with Crippen molar-refractivity contribution in [2.45, 2.75) is 26.2 Å². The third-order valence-electron chi connectivity index (χ3n) is 5.75. The first-order valence-corrected chi connectivity index (χ1v) is 14.2. The van der Waals surface area contributed by atoms with Gasteiger partial charge in [-0.05, 0) is 36.4 Å². The number of ether oxygens (including phenoxy) is 1. The summed E-state index contributed by atoms with van der Waals surface area (Å²) in [7, 11) is -3.53. The van der Waals surface area contributed by atoms with E-state index in [1.165, 1.54) is 30.5 Å². The second kappa shape index (κ2) is 10.5. The largest absolute Gasteiger partial charge is 0.457 e. The van der Waals surface area contributed by atoms with Crippen LogP contribution in [0.5, 0.6) is 11.5 Å². The van der Waals surface area contributed by atoms with Crippen LogP contribution in [0.15, 0.2) is 71.5 Å². The summed E-state index contributed by atoms with van der Waals surface area (Å²) in [6.07, 6.45) is 3.93. The van der Waals surface area contributed by atoms with E-state index in [2.05, 4.69) is 30.6 Å². The van der Waals surface area contributed by atoms with E-state index in [4.69, 9.17) is 9.26 Å². The molecule has 2 amide bonds. The van der Waals surface area contributed by atoms with Crippen LogP contribution in [-0.2, 0) is 15.4 Å². The fourth-order valence-corrected chi connectivity index (χ4v) is 4.30. The van der Waals surface area contributed by atoms with Crippen molar-refractivity contribution in [2.75, 3.05) is 21.6 Å². The highest BCUT2D eigenvalue weighted by Crippen LogP contribution is 2.29. The maximum atomic E-state index is 14.9. The molecule has 212 valence electrons. The molecule has 5 aromatic rings. The molecule has 0 saturated carbocycles. The van der Waals surface area contributed by atoms with Crippen LogP contribution in [-0.4, -0.2) is 40.6 Å². The standard InChI is InChI=1S/C27H26FN7O5S/c1-27(2,3)23-14-25(35(33-23)17-5-8-22-16(11-17)15-30-40-22)32-26(36)31-21-7-6-18(12-20(21)28)39-19-9-10-29-24(13-19)34-41(4,37)38/h5-15H,1-4H3,(H,29,34)(H2,31,32,36). The summed E-state index contributed by atoms with van der Waals surface area (Å²) in [5.41, 5.74) is 1.62. The third kappa shape index (κ3) is 6.61. The number of carbonyl (C=O) groups excluding carboxylic acids is 1. The first-order valence-electron chi connectivity index (χ1n) is 12.3. The zero-order chi connectivity index (χ0) is 29.4. The molecule has 0 fully saturated rings. The minimum absolute atomic E-state index is 0.0515. The number of hydrogen-bond acceptors (Lipinski definition) is 8. The van der Waals surface area contributed by atoms with Crippen molar-refractivity contribution >= 4 is 44.3 Å². The van der Waals surface area contributed by atoms with Crippen LogP contribution < -0.4 is 20.1 Å². The van der Waals surface area contributed by atoms with Crippen molar-refractivity contribution in [3.05, 3.63) is 78.5 Å². The smallest absolute Gasteiger partial charge is 0.324 e. The predicted octanol–water partition coefficient (Wildman–Crippen LogP) is 5.65. The number of halogens is 1. The Hall–Kier alpha value is -4.98. The highest BCUT2D eigenvalue weighted by Gasteiger charge is 2.22. The summed E-state index contributed by atoms with van der Waals surface area (Å²) < 4.78 is 52.4. The van der Waals surface area contributed by atoms with E-state index < -0.39 is 21.9 Å². The minimum Gasteiger partial charge on any atom is -0.457 e. The number of aromatic nitrogens is 4. The Balaban J connectivity index is 1.32. The topological polar surface area (TPSA) is 153 Å². The number of carbonyl (C=O) groups is 1. The molecular formula is C27H26FN7O5S. The second-order valence-electron chi connectivity index (χ2n) is 10.2. The molecule has 0 aliphatic rings. The molecule has 0 aliphatic carbocycles. The van der Waals surface area contributed by atoms with Crippen LogP contribution in [0.2, 0.25) is 0 Å². The summed E-state index contributed by atoms with van der Waals surface area (Å²) in [6.45, 7) is 6.00. The number of rotatable bonds is 7. The zero-order valence-corrected chi connectivity index (χ0v) is 23.3. The summed E-state index contributed by atoms with van der Waals surface area (Å²) in [6, 6.07) is 13.2. The van der Waals surface area contributed by atoms with E-state index in [-0.39, 0.29) is 28.4 Å². The van der Waals surface area contributed by atoms with Crippen molar-refractivity contribution < 1.29 is 26.9 Å². The van der Waals surface area contributed by atoms with E-state index in [1.54, 1.807) is 29.1 Å². The number of nitrogens with zero attached hydrogens (tertiary/aromatic N) is 4. The molecule has 0 atom stereocenters. The molecule has 0 unspecified atom stereocenters. The Labute approximate surface area is 234 Å². The van der Waals surface area contributed by atoms with Crippen molar-refractivity contribution in [2.24, 2.45) is 0 Å². The molecule has 2 aromatic carbocycles. The summed E-state index contributed by atoms with van der Waals surface area (Å²) in [5.74, 6) is 0.0386. The normalized spacial score (nSPS) is 11.8. The fraction of sp³-hybridized carbons (Fsp3) is 0.185. The number of nitrogens with one attached hydrogen (secondary N) is 3. The van der Waals surface area contributed by atoms with Gasteiger partial charge in [-0.15, -0.1) is 0 Å². The molecule has 0 radical (unpaired) electrons. The number of anilines is 3. The highest BCUT2D eigenvalue weighted by atomic mass is 32.2. The van der Waals surface area contributed by atoms with E-state index in [1.807, 2.05) is 26.8 Å². The van der Waals surface area contributed by atoms with Crippen molar-refractivity contribution in [3.63, 3.8) is 0 Å². The Morgan fingerprint density at radius 1 is 1.02 bits per heavy atom. The number of amides is 2. The molecule has 14 heteroatoms. The van der Waals surface area contributed by atoms with Gasteiger partial charge in [-0.3, -0.25) is 10.0 Å². The second-order valence-corrected chi connectivity index (χ2v) is 11.9. The molecule has 3 aromatic heterocycles. The molecule has 0 spiro atoms. The lowest BCUT2D eigenvalue weighted by atomic mass is 9.92. The van der Waals surface area contributed by atoms with Crippen LogP contribution in [0.1, 0.15) is 26.5 Å². The van der Waals surface area contributed by atoms with Gasteiger partial charge in [0.15, 0.2) is 5.58 Å². The molecule has 12 nitrogen and oxygen atoms in total. The van der Waals surface area contributed by atoms with E-state index >= 15 is 0 Å². The summed E-state index contributed by atoms with van der Waals surface area (Å²) in [5, 5.41) is 14.5. The Bertz CT molecular complexity index is 1860. The van der Waals surface area contributed by atoms with Crippen molar-refractivity contribution in [3.8, 4) is 17.2 Å². The maximum Gasteiger partial charge on any atom is 0.324 e. The Morgan fingerprint density at radius 3 is 2.54 bits per heavy atom. The van der Waals surface area contributed by atoms with Crippen molar-refractivity contribution in [1.82, 2.24) is 19.9 Å². The molecular weight excluding hydrogens is 553 g/mol. The van der Waals surface area contributed by atoms with Gasteiger partial charge in [0.25, 0.3) is 0 Å². The monoisotopic (exact) mass is 579 g/mol. The van der Waals surface area contributed by atoms with Gasteiger partial charge in [-0.1, -0.05) is 25.9 Å². The lowest BCUT2D eigenvalue weighted by molar-refractivity contribution is 0.262. The van der Waals surface area contributed by atoms with Gasteiger partial charge in [0.1, 0.15) is 29.0 Å². The highest BCUT2D eigenvalue weighted by molar-refractivity contribution is 7.92. The van der Waals surface area contributed by atoms with Crippen LogP contribution in [0.3, 0.4) is 0 Å². The van der Waals surface area contributed by atoms with E-state index in [0.717, 1.165) is 23.4 Å². The first-order chi connectivity index (χ1) is 19.3. The van der Waals surface area contributed by atoms with Gasteiger partial charge in [-0.2, -0.15) is 5.10 Å². The molecule has 5 rings (SSSR count). The molecule has 3 N–H and O–H groups in total. The number of pyridine rings is 1. The Morgan fingerprint density at radius 2 is 1.80 bits per heavy atom. The molecule has 0 bridgehead atoms. The maximum absolute atomic E-state index is 14.9. The molecule has 41 heavy (non-hydrogen) atoms. The quantitative estimate of drug-likeness (QED) is 0.223. The van der Waals surface area contributed by atoms with Crippen LogP contribution in [0.4, 0.5) is 26.5 Å². The molecule has 0 saturated heterocycles. The first kappa shape index (κ1) is 27.6. The van der Waals surface area contributed by atoms with Crippen molar-refractivity contribution in [1.29, 1.82) is 0 Å². The number of benzene rings is 2. The van der Waals surface area contributed by atoms with Gasteiger partial charge in [-0.25, -0.2) is 27.3 Å². The SMILES string of the molecule is CC(C)(C)c1cc(NC(=O)Nc2ccc(Oc3ccnc(NS(C)(=O)=O)c3)cc2F)n(-c2ccc3oncc3c2)n1. The Kier molecular flexibility index (Phi) is 7.09. The van der Waals surface area contributed by atoms with Gasteiger partial charge in [0.2, 0.25) is 10.0 Å². The predicted molar refractivity (Wildman–Crippen MR) is 152 cm³/mol. The summed E-state index contributed by atoms with van der Waals surface area (Å²) >= 11 is 0. The van der Waals surface area contributed by atoms with Crippen LogP contribution >= 0.6 is 0 Å².